The van der Waals surface area contributed by atoms with Crippen LogP contribution in [0.25, 0.3) is 0 Å². The number of aromatic nitrogens is 1. The summed E-state index contributed by atoms with van der Waals surface area (Å²) in [5.41, 5.74) is 1.24. The van der Waals surface area contributed by atoms with E-state index in [2.05, 4.69) is 46.4 Å². The zero-order chi connectivity index (χ0) is 13.7. The summed E-state index contributed by atoms with van der Waals surface area (Å²) < 4.78 is 1.13. The number of hydrogen-bond acceptors (Lipinski definition) is 4. The Labute approximate surface area is 131 Å². The number of rotatable bonds is 6. The minimum Gasteiger partial charge on any atom is -0.315 e. The molecule has 0 saturated carbocycles. The highest BCUT2D eigenvalue weighted by atomic mass is 79.9. The first-order valence-corrected chi connectivity index (χ1v) is 8.83. The highest BCUT2D eigenvalue weighted by Gasteiger charge is 2.09. The molecule has 0 radical (unpaired) electrons. The number of aryl methyl sites for hydroxylation is 1. The number of thiazole rings is 1. The SMILES string of the molecule is CCc1nc(CSc2cccc(Br)c2)sc1CNC. The zero-order valence-corrected chi connectivity index (χ0v) is 14.3. The lowest BCUT2D eigenvalue weighted by molar-refractivity contribution is 0.814. The standard InChI is InChI=1S/C14H17BrN2S2/c1-3-12-13(8-16-2)19-14(17-12)9-18-11-6-4-5-10(15)7-11/h4-7,16H,3,8-9H2,1-2H3. The number of nitrogens with one attached hydrogen (secondary N) is 1. The first kappa shape index (κ1) is 15.0. The van der Waals surface area contributed by atoms with Crippen LogP contribution in [-0.2, 0) is 18.7 Å². The number of halogens is 1. The molecule has 1 aromatic heterocycles. The molecule has 2 aromatic rings. The lowest BCUT2D eigenvalue weighted by atomic mass is 10.3. The maximum absolute atomic E-state index is 4.73. The summed E-state index contributed by atoms with van der Waals surface area (Å²) in [6.07, 6.45) is 1.01. The molecule has 0 spiro atoms. The molecule has 1 heterocycles. The Morgan fingerprint density at radius 2 is 2.26 bits per heavy atom. The van der Waals surface area contributed by atoms with Gasteiger partial charge in [0.1, 0.15) is 5.01 Å². The normalized spacial score (nSPS) is 10.9. The molecular formula is C14H17BrN2S2. The van der Waals surface area contributed by atoms with Crippen LogP contribution >= 0.6 is 39.0 Å². The van der Waals surface area contributed by atoms with Crippen LogP contribution in [0.1, 0.15) is 22.5 Å². The van der Waals surface area contributed by atoms with Crippen molar-refractivity contribution in [1.82, 2.24) is 10.3 Å². The number of hydrogen-bond donors (Lipinski definition) is 1. The van der Waals surface area contributed by atoms with Gasteiger partial charge in [-0.3, -0.25) is 0 Å². The summed E-state index contributed by atoms with van der Waals surface area (Å²) in [6, 6.07) is 8.40. The van der Waals surface area contributed by atoms with Crippen molar-refractivity contribution in [3.05, 3.63) is 44.3 Å². The van der Waals surface area contributed by atoms with Crippen molar-refractivity contribution in [2.75, 3.05) is 7.05 Å². The Morgan fingerprint density at radius 1 is 1.42 bits per heavy atom. The van der Waals surface area contributed by atoms with Gasteiger partial charge >= 0.3 is 0 Å². The third-order valence-corrected chi connectivity index (χ3v) is 5.43. The van der Waals surface area contributed by atoms with E-state index in [0.717, 1.165) is 23.2 Å². The van der Waals surface area contributed by atoms with Crippen molar-refractivity contribution in [3.8, 4) is 0 Å². The van der Waals surface area contributed by atoms with Gasteiger partial charge in [-0.25, -0.2) is 4.98 Å². The third kappa shape index (κ3) is 4.31. The minimum absolute atomic E-state index is 0.919. The van der Waals surface area contributed by atoms with E-state index >= 15 is 0 Å². The van der Waals surface area contributed by atoms with Crippen molar-refractivity contribution in [1.29, 1.82) is 0 Å². The van der Waals surface area contributed by atoms with Crippen LogP contribution < -0.4 is 5.32 Å². The van der Waals surface area contributed by atoms with Crippen LogP contribution in [-0.4, -0.2) is 12.0 Å². The predicted octanol–water partition coefficient (Wildman–Crippen LogP) is 4.48. The largest absolute Gasteiger partial charge is 0.315 e. The van der Waals surface area contributed by atoms with Gasteiger partial charge < -0.3 is 5.32 Å². The van der Waals surface area contributed by atoms with Crippen molar-refractivity contribution < 1.29 is 0 Å². The van der Waals surface area contributed by atoms with Crippen molar-refractivity contribution in [3.63, 3.8) is 0 Å². The topological polar surface area (TPSA) is 24.9 Å². The van der Waals surface area contributed by atoms with Gasteiger partial charge in [0.2, 0.25) is 0 Å². The van der Waals surface area contributed by atoms with Crippen LogP contribution in [0.3, 0.4) is 0 Å². The smallest absolute Gasteiger partial charge is 0.103 e. The van der Waals surface area contributed by atoms with E-state index in [1.165, 1.54) is 20.5 Å². The molecule has 2 rings (SSSR count). The Hall–Kier alpha value is -0.360. The molecule has 1 N–H and O–H groups in total. The highest BCUT2D eigenvalue weighted by molar-refractivity contribution is 9.10. The number of thioether (sulfide) groups is 1. The molecule has 0 aliphatic heterocycles. The molecule has 1 aromatic carbocycles. The third-order valence-electron chi connectivity index (χ3n) is 2.65. The quantitative estimate of drug-likeness (QED) is 0.772. The summed E-state index contributed by atoms with van der Waals surface area (Å²) in [4.78, 5) is 7.38. The molecule has 0 amide bonds. The number of nitrogens with zero attached hydrogens (tertiary/aromatic N) is 1. The van der Waals surface area contributed by atoms with E-state index in [-0.39, 0.29) is 0 Å². The van der Waals surface area contributed by atoms with Gasteiger partial charge in [-0.05, 0) is 31.7 Å². The van der Waals surface area contributed by atoms with Gasteiger partial charge in [0, 0.05) is 20.8 Å². The van der Waals surface area contributed by atoms with Gasteiger partial charge in [-0.1, -0.05) is 28.9 Å². The monoisotopic (exact) mass is 356 g/mol. The van der Waals surface area contributed by atoms with Crippen LogP contribution in [0.5, 0.6) is 0 Å². The van der Waals surface area contributed by atoms with Gasteiger partial charge in [0.15, 0.2) is 0 Å². The highest BCUT2D eigenvalue weighted by Crippen LogP contribution is 2.28. The lowest BCUT2D eigenvalue weighted by Crippen LogP contribution is -2.05. The molecule has 0 aliphatic rings. The Morgan fingerprint density at radius 3 is 2.95 bits per heavy atom. The molecule has 0 bridgehead atoms. The molecule has 0 atom stereocenters. The van der Waals surface area contributed by atoms with Gasteiger partial charge in [-0.15, -0.1) is 23.1 Å². The second-order valence-corrected chi connectivity index (χ2v) is 7.24. The molecule has 0 saturated heterocycles. The molecule has 0 unspecified atom stereocenters. The van der Waals surface area contributed by atoms with Crippen LogP contribution in [0.2, 0.25) is 0 Å². The van der Waals surface area contributed by atoms with Crippen LogP contribution in [0, 0.1) is 0 Å². The van der Waals surface area contributed by atoms with Crippen molar-refractivity contribution in [2.24, 2.45) is 0 Å². The Kier molecular flexibility index (Phi) is 5.88. The van der Waals surface area contributed by atoms with Gasteiger partial charge in [0.05, 0.1) is 11.4 Å². The first-order valence-electron chi connectivity index (χ1n) is 6.23. The minimum atomic E-state index is 0.919. The Bertz CT molecular complexity index is 540. The predicted molar refractivity (Wildman–Crippen MR) is 88.0 cm³/mol. The zero-order valence-electron chi connectivity index (χ0n) is 11.1. The average Bonchev–Trinajstić information content (AvgIpc) is 2.79. The molecule has 5 heteroatoms. The van der Waals surface area contributed by atoms with Crippen LogP contribution in [0.15, 0.2) is 33.6 Å². The molecule has 0 aliphatic carbocycles. The van der Waals surface area contributed by atoms with Gasteiger partial charge in [-0.2, -0.15) is 0 Å². The summed E-state index contributed by atoms with van der Waals surface area (Å²) >= 11 is 7.16. The Balaban J connectivity index is 2.03. The summed E-state index contributed by atoms with van der Waals surface area (Å²) in [5, 5.41) is 4.43. The van der Waals surface area contributed by atoms with E-state index in [0.29, 0.717) is 0 Å². The fourth-order valence-electron chi connectivity index (χ4n) is 1.78. The van der Waals surface area contributed by atoms with E-state index in [1.54, 1.807) is 0 Å². The first-order chi connectivity index (χ1) is 9.22. The van der Waals surface area contributed by atoms with Crippen molar-refractivity contribution in [2.45, 2.75) is 30.5 Å². The summed E-state index contributed by atoms with van der Waals surface area (Å²) in [5.74, 6) is 0.942. The summed E-state index contributed by atoms with van der Waals surface area (Å²) in [7, 11) is 1.98. The van der Waals surface area contributed by atoms with E-state index in [1.807, 2.05) is 36.2 Å². The van der Waals surface area contributed by atoms with Gasteiger partial charge in [0.25, 0.3) is 0 Å². The summed E-state index contributed by atoms with van der Waals surface area (Å²) in [6.45, 7) is 3.09. The van der Waals surface area contributed by atoms with Crippen LogP contribution in [0.4, 0.5) is 0 Å². The maximum Gasteiger partial charge on any atom is 0.103 e. The lowest BCUT2D eigenvalue weighted by Gasteiger charge is -1.99. The van der Waals surface area contributed by atoms with E-state index in [9.17, 15) is 0 Å². The number of benzene rings is 1. The molecule has 2 nitrogen and oxygen atoms in total. The second kappa shape index (κ2) is 7.43. The average molecular weight is 357 g/mol. The second-order valence-electron chi connectivity index (χ2n) is 4.11. The molecule has 102 valence electrons. The molecule has 0 fully saturated rings. The fourth-order valence-corrected chi connectivity index (χ4v) is 4.44. The fraction of sp³-hybridized carbons (Fsp3) is 0.357. The molecule has 19 heavy (non-hydrogen) atoms. The van der Waals surface area contributed by atoms with E-state index < -0.39 is 0 Å². The van der Waals surface area contributed by atoms with E-state index in [4.69, 9.17) is 4.98 Å². The maximum atomic E-state index is 4.73. The molecular weight excluding hydrogens is 340 g/mol. The van der Waals surface area contributed by atoms with Crippen molar-refractivity contribution >= 4 is 39.0 Å².